The van der Waals surface area contributed by atoms with Crippen LogP contribution in [0.1, 0.15) is 173 Å². The number of rotatable bonds is 34. The molecule has 0 aliphatic heterocycles. The fourth-order valence-electron chi connectivity index (χ4n) is 8.58. The molecule has 0 bridgehead atoms. The molecule has 0 saturated carbocycles. The van der Waals surface area contributed by atoms with Crippen molar-refractivity contribution in [3.05, 3.63) is 167 Å². The van der Waals surface area contributed by atoms with Gasteiger partial charge in [-0.25, -0.2) is 27.6 Å². The summed E-state index contributed by atoms with van der Waals surface area (Å²) in [7, 11) is 0. The van der Waals surface area contributed by atoms with Gasteiger partial charge in [-0.05, 0) is 127 Å². The van der Waals surface area contributed by atoms with Crippen LogP contribution >= 0.6 is 0 Å². The summed E-state index contributed by atoms with van der Waals surface area (Å²) in [5.74, 6) is -13.2. The number of carbonyl (C=O) groups excluding carboxylic acids is 4. The highest BCUT2D eigenvalue weighted by atomic mass is 19.2. The second-order valence-corrected chi connectivity index (χ2v) is 19.3. The van der Waals surface area contributed by atoms with Gasteiger partial charge in [0.1, 0.15) is 28.7 Å². The van der Waals surface area contributed by atoms with Gasteiger partial charge < -0.3 is 28.4 Å². The third-order valence-corrected chi connectivity index (χ3v) is 13.1. The first-order valence-corrected chi connectivity index (χ1v) is 27.5. The Morgan fingerprint density at radius 2 is 0.696 bits per heavy atom. The molecule has 79 heavy (non-hydrogen) atoms. The van der Waals surface area contributed by atoms with Crippen LogP contribution in [0.25, 0.3) is 11.1 Å². The Bertz CT molecular complexity index is 2830. The normalized spacial score (nSPS) is 11.0. The number of halogens is 5. The zero-order chi connectivity index (χ0) is 56.2. The number of esters is 4. The molecule has 0 fully saturated rings. The highest BCUT2D eigenvalue weighted by Gasteiger charge is 2.28. The van der Waals surface area contributed by atoms with E-state index in [1.54, 1.807) is 91.0 Å². The van der Waals surface area contributed by atoms with Crippen LogP contribution in [0.4, 0.5) is 22.0 Å². The van der Waals surface area contributed by atoms with E-state index in [2.05, 4.69) is 11.7 Å². The van der Waals surface area contributed by atoms with Crippen molar-refractivity contribution >= 4 is 23.9 Å². The lowest BCUT2D eigenvalue weighted by atomic mass is 10.1. The van der Waals surface area contributed by atoms with Gasteiger partial charge in [0.05, 0.1) is 29.9 Å². The highest BCUT2D eigenvalue weighted by molar-refractivity contribution is 5.93. The van der Waals surface area contributed by atoms with E-state index in [0.717, 1.165) is 62.5 Å². The molecule has 0 aromatic heterocycles. The highest BCUT2D eigenvalue weighted by Crippen LogP contribution is 2.31. The van der Waals surface area contributed by atoms with E-state index >= 15 is 0 Å². The van der Waals surface area contributed by atoms with Crippen molar-refractivity contribution in [2.24, 2.45) is 0 Å². The lowest BCUT2D eigenvalue weighted by molar-refractivity contribution is -0.135. The Morgan fingerprint density at radius 3 is 1.13 bits per heavy atom. The van der Waals surface area contributed by atoms with Gasteiger partial charge in [-0.1, -0.05) is 140 Å². The van der Waals surface area contributed by atoms with Gasteiger partial charge in [-0.15, -0.1) is 0 Å². The van der Waals surface area contributed by atoms with Crippen molar-refractivity contribution in [2.75, 3.05) is 13.2 Å². The SMILES string of the molecule is CCCCCCCCCCCCCCOc1ccc(C(=O)Oc2ccc(C(=O)Oc3cccc(-c4ccc(OC(=O)c5ccc(OCCCCCCCCCCC(=O)Oc6c(F)c(F)c(F)c(F)c6F)cc5)cc4)c3)cc2)cc1. The van der Waals surface area contributed by atoms with Gasteiger partial charge in [-0.2, -0.15) is 8.78 Å². The number of ether oxygens (including phenoxy) is 6. The molecule has 420 valence electrons. The van der Waals surface area contributed by atoms with Gasteiger partial charge in [0.15, 0.2) is 0 Å². The Labute approximate surface area is 459 Å². The van der Waals surface area contributed by atoms with E-state index in [9.17, 15) is 41.1 Å². The summed E-state index contributed by atoms with van der Waals surface area (Å²) >= 11 is 0. The monoisotopic (exact) mass is 1090 g/mol. The minimum absolute atomic E-state index is 0.231. The molecule has 0 atom stereocenters. The van der Waals surface area contributed by atoms with Crippen molar-refractivity contribution in [1.29, 1.82) is 0 Å². The summed E-state index contributed by atoms with van der Waals surface area (Å²) in [4.78, 5) is 50.8. The van der Waals surface area contributed by atoms with E-state index in [1.807, 2.05) is 6.07 Å². The lowest BCUT2D eigenvalue weighted by Crippen LogP contribution is -2.13. The minimum atomic E-state index is -2.32. The summed E-state index contributed by atoms with van der Waals surface area (Å²) in [6, 6.07) is 33.6. The molecule has 0 unspecified atom stereocenters. The van der Waals surface area contributed by atoms with Crippen LogP contribution in [0.3, 0.4) is 0 Å². The molecule has 0 N–H and O–H groups in total. The van der Waals surface area contributed by atoms with Gasteiger partial charge in [0.25, 0.3) is 0 Å². The maximum absolute atomic E-state index is 13.7. The summed E-state index contributed by atoms with van der Waals surface area (Å²) in [5.41, 5.74) is 2.54. The van der Waals surface area contributed by atoms with Gasteiger partial charge in [-0.3, -0.25) is 4.79 Å². The Balaban J connectivity index is 0.816. The second kappa shape index (κ2) is 33.0. The summed E-state index contributed by atoms with van der Waals surface area (Å²) in [6.07, 6.45) is 21.4. The summed E-state index contributed by atoms with van der Waals surface area (Å²) in [5, 5.41) is 0. The van der Waals surface area contributed by atoms with Crippen LogP contribution in [-0.4, -0.2) is 37.1 Å². The lowest BCUT2D eigenvalue weighted by Gasteiger charge is -2.10. The Kier molecular flexibility index (Phi) is 25.4. The van der Waals surface area contributed by atoms with Crippen LogP contribution in [0.5, 0.6) is 34.5 Å². The number of benzene rings is 6. The topological polar surface area (TPSA) is 124 Å². The van der Waals surface area contributed by atoms with Gasteiger partial charge >= 0.3 is 23.9 Å². The molecular weight excluding hydrogens is 1020 g/mol. The predicted molar refractivity (Wildman–Crippen MR) is 292 cm³/mol. The summed E-state index contributed by atoms with van der Waals surface area (Å²) in [6.45, 7) is 3.36. The molecule has 6 aromatic rings. The predicted octanol–water partition coefficient (Wildman–Crippen LogP) is 17.3. The van der Waals surface area contributed by atoms with Crippen molar-refractivity contribution in [3.8, 4) is 45.6 Å². The van der Waals surface area contributed by atoms with Gasteiger partial charge in [0.2, 0.25) is 34.8 Å². The quantitative estimate of drug-likeness (QED) is 0.00963. The van der Waals surface area contributed by atoms with Crippen LogP contribution in [0.2, 0.25) is 0 Å². The first kappa shape index (κ1) is 60.7. The van der Waals surface area contributed by atoms with E-state index < -0.39 is 58.7 Å². The van der Waals surface area contributed by atoms with Crippen LogP contribution < -0.4 is 28.4 Å². The van der Waals surface area contributed by atoms with Crippen LogP contribution in [0, 0.1) is 29.1 Å². The minimum Gasteiger partial charge on any atom is -0.494 e. The fourth-order valence-corrected chi connectivity index (χ4v) is 8.58. The van der Waals surface area contributed by atoms with E-state index in [1.165, 1.54) is 88.5 Å². The Morgan fingerprint density at radius 1 is 0.342 bits per heavy atom. The molecule has 15 heteroatoms. The van der Waals surface area contributed by atoms with Crippen molar-refractivity contribution in [3.63, 3.8) is 0 Å². The Hall–Kier alpha value is -7.55. The molecule has 0 radical (unpaired) electrons. The fraction of sp³-hybridized carbons (Fsp3) is 0.375. The standard InChI is InChI=1S/C64H69F5O10/c1-2-3-4-5-6-7-8-9-11-14-17-20-42-74-51-36-30-47(31-37-51)63(72)77-53-40-32-48(33-41-53)64(73)78-54-24-22-23-49(44-54)45-26-38-52(39-27-45)76-62(71)46-28-34-50(35-29-46)75-43-21-18-15-12-10-13-16-19-25-55(70)79-61-59(68)57(66)56(65)58(67)60(61)69/h22-24,26-41,44H,2-21,25,42-43H2,1H3. The molecule has 6 aromatic carbocycles. The molecule has 0 saturated heterocycles. The third kappa shape index (κ3) is 20.3. The summed E-state index contributed by atoms with van der Waals surface area (Å²) < 4.78 is 100. The smallest absolute Gasteiger partial charge is 0.343 e. The number of hydrogen-bond acceptors (Lipinski definition) is 10. The largest absolute Gasteiger partial charge is 0.494 e. The molecule has 0 spiro atoms. The molecule has 0 aliphatic rings. The zero-order valence-corrected chi connectivity index (χ0v) is 44.8. The van der Waals surface area contributed by atoms with Crippen molar-refractivity contribution < 1.29 is 69.6 Å². The second-order valence-electron chi connectivity index (χ2n) is 19.3. The number of unbranched alkanes of at least 4 members (excludes halogenated alkanes) is 18. The average Bonchev–Trinajstić information content (AvgIpc) is 3.49. The zero-order valence-electron chi connectivity index (χ0n) is 44.8. The van der Waals surface area contributed by atoms with Crippen molar-refractivity contribution in [1.82, 2.24) is 0 Å². The molecule has 0 aliphatic carbocycles. The van der Waals surface area contributed by atoms with Crippen LogP contribution in [-0.2, 0) is 4.79 Å². The van der Waals surface area contributed by atoms with E-state index in [0.29, 0.717) is 60.2 Å². The first-order valence-electron chi connectivity index (χ1n) is 27.5. The number of hydrogen-bond donors (Lipinski definition) is 0. The average molecular weight is 1090 g/mol. The van der Waals surface area contributed by atoms with Gasteiger partial charge in [0, 0.05) is 6.42 Å². The molecule has 0 amide bonds. The molecule has 10 nitrogen and oxygen atoms in total. The third-order valence-electron chi connectivity index (χ3n) is 13.1. The molecular formula is C64H69F5O10. The van der Waals surface area contributed by atoms with E-state index in [-0.39, 0.29) is 17.7 Å². The first-order chi connectivity index (χ1) is 38.4. The van der Waals surface area contributed by atoms with Crippen LogP contribution in [0.15, 0.2) is 121 Å². The number of carbonyl (C=O) groups is 4. The maximum atomic E-state index is 13.7. The van der Waals surface area contributed by atoms with Crippen molar-refractivity contribution in [2.45, 2.75) is 142 Å². The maximum Gasteiger partial charge on any atom is 0.343 e. The molecule has 0 heterocycles. The molecule has 6 rings (SSSR count). The van der Waals surface area contributed by atoms with E-state index in [4.69, 9.17) is 23.7 Å².